The van der Waals surface area contributed by atoms with Crippen molar-refractivity contribution in [3.05, 3.63) is 36.4 Å². The van der Waals surface area contributed by atoms with Gasteiger partial charge in [-0.2, -0.15) is 0 Å². The van der Waals surface area contributed by atoms with Gasteiger partial charge >= 0.3 is 0 Å². The Morgan fingerprint density at radius 3 is 2.47 bits per heavy atom. The Balaban J connectivity index is 2.85. The number of hydrogen-bond acceptors (Lipinski definition) is 1. The molecule has 0 heterocycles. The Morgan fingerprint density at radius 2 is 2.00 bits per heavy atom. The molecule has 0 bridgehead atoms. The lowest BCUT2D eigenvalue weighted by molar-refractivity contribution is 0.487. The fourth-order valence-electron chi connectivity index (χ4n) is 1.34. The van der Waals surface area contributed by atoms with Crippen LogP contribution in [0.5, 0.6) is 0 Å². The van der Waals surface area contributed by atoms with E-state index < -0.39 is 7.37 Å². The summed E-state index contributed by atoms with van der Waals surface area (Å²) in [4.78, 5) is 9.81. The molecule has 3 heteroatoms. The monoisotopic (exact) mass is 224 g/mol. The van der Waals surface area contributed by atoms with Crippen molar-refractivity contribution in [2.45, 2.75) is 19.8 Å². The lowest BCUT2D eigenvalue weighted by Crippen LogP contribution is -2.06. The van der Waals surface area contributed by atoms with E-state index in [0.717, 1.165) is 18.4 Å². The van der Waals surface area contributed by atoms with E-state index in [2.05, 4.69) is 6.58 Å². The molecular weight excluding hydrogens is 207 g/mol. The predicted molar refractivity (Wildman–Crippen MR) is 65.8 cm³/mol. The van der Waals surface area contributed by atoms with Crippen LogP contribution in [0.15, 0.2) is 30.8 Å². The molecule has 1 aromatic carbocycles. The standard InChI is InChI=1S/C12H17O2P/c1-3-5-10-15(13,14)12-8-6-11(4-2)7-9-12/h4,6-9H,2-3,5,10H2,1H3,(H,13,14). The largest absolute Gasteiger partial charge is 0.341 e. The van der Waals surface area contributed by atoms with E-state index in [-0.39, 0.29) is 0 Å². The molecule has 15 heavy (non-hydrogen) atoms. The lowest BCUT2D eigenvalue weighted by atomic mass is 10.2. The zero-order valence-corrected chi connectivity index (χ0v) is 9.91. The third kappa shape index (κ3) is 3.33. The van der Waals surface area contributed by atoms with E-state index >= 15 is 0 Å². The molecule has 1 unspecified atom stereocenters. The summed E-state index contributed by atoms with van der Waals surface area (Å²) in [6.07, 6.45) is 3.82. The van der Waals surface area contributed by atoms with Crippen LogP contribution in [0.4, 0.5) is 0 Å². The molecule has 0 aliphatic heterocycles. The van der Waals surface area contributed by atoms with Crippen LogP contribution in [-0.4, -0.2) is 11.1 Å². The van der Waals surface area contributed by atoms with E-state index in [1.54, 1.807) is 18.2 Å². The maximum atomic E-state index is 11.9. The summed E-state index contributed by atoms with van der Waals surface area (Å²) in [7, 11) is -3.13. The molecule has 0 radical (unpaired) electrons. The van der Waals surface area contributed by atoms with Crippen LogP contribution >= 0.6 is 7.37 Å². The maximum absolute atomic E-state index is 11.9. The molecule has 0 amide bonds. The fraction of sp³-hybridized carbons (Fsp3) is 0.333. The molecule has 1 aromatic rings. The second-order valence-electron chi connectivity index (χ2n) is 3.57. The van der Waals surface area contributed by atoms with Gasteiger partial charge in [0.15, 0.2) is 0 Å². The van der Waals surface area contributed by atoms with Crippen molar-refractivity contribution in [1.29, 1.82) is 0 Å². The summed E-state index contributed by atoms with van der Waals surface area (Å²) in [6, 6.07) is 7.06. The molecule has 1 atom stereocenters. The van der Waals surface area contributed by atoms with E-state index in [9.17, 15) is 9.46 Å². The third-order valence-corrected chi connectivity index (χ3v) is 4.37. The number of hydrogen-bond donors (Lipinski definition) is 1. The second kappa shape index (κ2) is 5.29. The van der Waals surface area contributed by atoms with Crippen LogP contribution in [0.25, 0.3) is 6.08 Å². The molecule has 1 N–H and O–H groups in total. The maximum Gasteiger partial charge on any atom is 0.229 e. The van der Waals surface area contributed by atoms with Gasteiger partial charge in [0, 0.05) is 11.5 Å². The Morgan fingerprint density at radius 1 is 1.40 bits per heavy atom. The van der Waals surface area contributed by atoms with Crippen molar-refractivity contribution in [2.24, 2.45) is 0 Å². The van der Waals surface area contributed by atoms with Gasteiger partial charge in [0.1, 0.15) is 0 Å². The minimum Gasteiger partial charge on any atom is -0.341 e. The molecule has 0 saturated heterocycles. The summed E-state index contributed by atoms with van der Waals surface area (Å²) in [5, 5.41) is 0.543. The van der Waals surface area contributed by atoms with E-state index in [1.165, 1.54) is 0 Å². The van der Waals surface area contributed by atoms with Crippen LogP contribution in [0.3, 0.4) is 0 Å². The highest BCUT2D eigenvalue weighted by Gasteiger charge is 2.19. The van der Waals surface area contributed by atoms with Gasteiger partial charge in [-0.15, -0.1) is 0 Å². The molecule has 0 aliphatic carbocycles. The Labute approximate surface area is 91.1 Å². The van der Waals surface area contributed by atoms with Crippen molar-refractivity contribution >= 4 is 18.7 Å². The summed E-state index contributed by atoms with van der Waals surface area (Å²) in [6.45, 7) is 5.66. The third-order valence-electron chi connectivity index (χ3n) is 2.35. The van der Waals surface area contributed by atoms with Gasteiger partial charge in [-0.1, -0.05) is 38.1 Å². The van der Waals surface area contributed by atoms with Crippen molar-refractivity contribution in [3.8, 4) is 0 Å². The molecule has 0 aliphatic rings. The smallest absolute Gasteiger partial charge is 0.229 e. The second-order valence-corrected chi connectivity index (χ2v) is 5.94. The topological polar surface area (TPSA) is 37.3 Å². The van der Waals surface area contributed by atoms with Gasteiger partial charge in [-0.05, 0) is 24.1 Å². The fourth-order valence-corrected chi connectivity index (χ4v) is 2.96. The minimum absolute atomic E-state index is 0.372. The number of rotatable bonds is 5. The summed E-state index contributed by atoms with van der Waals surface area (Å²) in [5.74, 6) is 0. The first kappa shape index (κ1) is 12.2. The Bertz CT molecular complexity index is 368. The lowest BCUT2D eigenvalue weighted by Gasteiger charge is -2.11. The van der Waals surface area contributed by atoms with Gasteiger partial charge in [0.05, 0.1) is 0 Å². The van der Waals surface area contributed by atoms with Gasteiger partial charge in [-0.3, -0.25) is 4.57 Å². The molecule has 0 saturated carbocycles. The molecular formula is C12H17O2P. The van der Waals surface area contributed by atoms with Crippen LogP contribution in [-0.2, 0) is 4.57 Å². The van der Waals surface area contributed by atoms with Crippen molar-refractivity contribution in [3.63, 3.8) is 0 Å². The summed E-state index contributed by atoms with van der Waals surface area (Å²) < 4.78 is 11.9. The summed E-state index contributed by atoms with van der Waals surface area (Å²) in [5.41, 5.74) is 0.967. The molecule has 0 aromatic heterocycles. The van der Waals surface area contributed by atoms with Crippen LogP contribution in [0.2, 0.25) is 0 Å². The highest BCUT2D eigenvalue weighted by Crippen LogP contribution is 2.40. The van der Waals surface area contributed by atoms with E-state index in [4.69, 9.17) is 0 Å². The molecule has 1 rings (SSSR count). The molecule has 0 fully saturated rings. The van der Waals surface area contributed by atoms with Crippen LogP contribution in [0.1, 0.15) is 25.3 Å². The SMILES string of the molecule is C=Cc1ccc(P(=O)(O)CCCC)cc1. The predicted octanol–water partition coefficient (Wildman–Crippen LogP) is 3.03. The minimum atomic E-state index is -3.13. The number of unbranched alkanes of at least 4 members (excludes halogenated alkanes) is 1. The van der Waals surface area contributed by atoms with Crippen molar-refractivity contribution in [1.82, 2.24) is 0 Å². The molecule has 0 spiro atoms. The van der Waals surface area contributed by atoms with Gasteiger partial charge in [-0.25, -0.2) is 0 Å². The highest BCUT2D eigenvalue weighted by molar-refractivity contribution is 7.66. The Hall–Kier alpha value is -0.850. The normalized spacial score (nSPS) is 14.5. The van der Waals surface area contributed by atoms with Gasteiger partial charge in [0.2, 0.25) is 7.37 Å². The molecule has 82 valence electrons. The molecule has 2 nitrogen and oxygen atoms in total. The zero-order valence-electron chi connectivity index (χ0n) is 9.02. The van der Waals surface area contributed by atoms with Crippen LogP contribution < -0.4 is 5.30 Å². The average molecular weight is 224 g/mol. The Kier molecular flexibility index (Phi) is 4.31. The van der Waals surface area contributed by atoms with Crippen LogP contribution in [0, 0.1) is 0 Å². The van der Waals surface area contributed by atoms with Gasteiger partial charge < -0.3 is 4.89 Å². The first-order chi connectivity index (χ1) is 7.10. The highest BCUT2D eigenvalue weighted by atomic mass is 31.2. The van der Waals surface area contributed by atoms with E-state index in [1.807, 2.05) is 19.1 Å². The zero-order chi connectivity index (χ0) is 11.3. The van der Waals surface area contributed by atoms with Crippen molar-refractivity contribution < 1.29 is 9.46 Å². The van der Waals surface area contributed by atoms with Gasteiger partial charge in [0.25, 0.3) is 0 Å². The van der Waals surface area contributed by atoms with Crippen molar-refractivity contribution in [2.75, 3.05) is 6.16 Å². The first-order valence-electron chi connectivity index (χ1n) is 5.15. The van der Waals surface area contributed by atoms with E-state index in [0.29, 0.717) is 11.5 Å². The number of benzene rings is 1. The first-order valence-corrected chi connectivity index (χ1v) is 6.99. The average Bonchev–Trinajstić information content (AvgIpc) is 2.26. The quantitative estimate of drug-likeness (QED) is 0.780. The summed E-state index contributed by atoms with van der Waals surface area (Å²) >= 11 is 0.